The molecule has 0 unspecified atom stereocenters. The third-order valence-electron chi connectivity index (χ3n) is 2.28. The first-order valence-corrected chi connectivity index (χ1v) is 6.00. The van der Waals surface area contributed by atoms with E-state index in [0.717, 1.165) is 16.1 Å². The van der Waals surface area contributed by atoms with Crippen molar-refractivity contribution in [2.24, 2.45) is 5.84 Å². The standard InChI is InChI=1S/C11H14N4OS/c1-7-3-4-17-10(7)11-13-8(6-16-2)5-9(14-11)15-12/h3-5H,6,12H2,1-2H3,(H,13,14,15). The zero-order valence-corrected chi connectivity index (χ0v) is 10.5. The van der Waals surface area contributed by atoms with Crippen molar-refractivity contribution in [1.82, 2.24) is 9.97 Å². The van der Waals surface area contributed by atoms with E-state index in [1.54, 1.807) is 24.5 Å². The Morgan fingerprint density at radius 2 is 2.29 bits per heavy atom. The molecule has 0 saturated carbocycles. The van der Waals surface area contributed by atoms with Gasteiger partial charge < -0.3 is 10.2 Å². The molecule has 5 nitrogen and oxygen atoms in total. The van der Waals surface area contributed by atoms with Gasteiger partial charge in [-0.1, -0.05) is 0 Å². The van der Waals surface area contributed by atoms with Crippen LogP contribution in [0.4, 0.5) is 5.82 Å². The van der Waals surface area contributed by atoms with Gasteiger partial charge in [-0.25, -0.2) is 15.8 Å². The van der Waals surface area contributed by atoms with E-state index in [4.69, 9.17) is 10.6 Å². The number of hydrogen-bond acceptors (Lipinski definition) is 6. The number of hydrazine groups is 1. The van der Waals surface area contributed by atoms with Gasteiger partial charge in [-0.2, -0.15) is 0 Å². The van der Waals surface area contributed by atoms with Gasteiger partial charge in [0.2, 0.25) is 0 Å². The molecule has 2 heterocycles. The third-order valence-corrected chi connectivity index (χ3v) is 3.30. The maximum Gasteiger partial charge on any atom is 0.172 e. The number of anilines is 1. The number of aromatic nitrogens is 2. The fourth-order valence-corrected chi connectivity index (χ4v) is 2.36. The van der Waals surface area contributed by atoms with E-state index in [-0.39, 0.29) is 0 Å². The summed E-state index contributed by atoms with van der Waals surface area (Å²) in [6.07, 6.45) is 0. The fourth-order valence-electron chi connectivity index (χ4n) is 1.50. The molecule has 0 aliphatic carbocycles. The van der Waals surface area contributed by atoms with E-state index >= 15 is 0 Å². The van der Waals surface area contributed by atoms with Crippen LogP contribution in [0.2, 0.25) is 0 Å². The van der Waals surface area contributed by atoms with E-state index in [0.29, 0.717) is 18.2 Å². The Labute approximate surface area is 104 Å². The first-order valence-electron chi connectivity index (χ1n) is 5.12. The van der Waals surface area contributed by atoms with Crippen LogP contribution in [-0.2, 0) is 11.3 Å². The molecule has 17 heavy (non-hydrogen) atoms. The van der Waals surface area contributed by atoms with Gasteiger partial charge in [0, 0.05) is 13.2 Å². The lowest BCUT2D eigenvalue weighted by atomic mass is 10.2. The summed E-state index contributed by atoms with van der Waals surface area (Å²) in [7, 11) is 1.63. The maximum absolute atomic E-state index is 5.40. The molecule has 0 aromatic carbocycles. The molecule has 0 bridgehead atoms. The number of hydrogen-bond donors (Lipinski definition) is 2. The van der Waals surface area contributed by atoms with Crippen LogP contribution in [-0.4, -0.2) is 17.1 Å². The van der Waals surface area contributed by atoms with Gasteiger partial charge in [0.15, 0.2) is 5.82 Å². The summed E-state index contributed by atoms with van der Waals surface area (Å²) >= 11 is 1.61. The van der Waals surface area contributed by atoms with Gasteiger partial charge in [0.25, 0.3) is 0 Å². The van der Waals surface area contributed by atoms with Crippen molar-refractivity contribution in [3.05, 3.63) is 28.8 Å². The Bertz CT molecular complexity index is 512. The van der Waals surface area contributed by atoms with E-state index in [1.165, 1.54) is 0 Å². The second-order valence-electron chi connectivity index (χ2n) is 3.58. The number of nitrogen functional groups attached to an aromatic ring is 1. The lowest BCUT2D eigenvalue weighted by Gasteiger charge is -2.06. The zero-order chi connectivity index (χ0) is 12.3. The smallest absolute Gasteiger partial charge is 0.172 e. The molecule has 0 fully saturated rings. The summed E-state index contributed by atoms with van der Waals surface area (Å²) < 4.78 is 5.07. The van der Waals surface area contributed by atoms with Crippen molar-refractivity contribution in [1.29, 1.82) is 0 Å². The number of nitrogens with two attached hydrogens (primary N) is 1. The van der Waals surface area contributed by atoms with Crippen LogP contribution in [0.5, 0.6) is 0 Å². The molecule has 0 atom stereocenters. The molecule has 0 aliphatic rings. The molecule has 3 N–H and O–H groups in total. The van der Waals surface area contributed by atoms with Gasteiger partial charge in [-0.05, 0) is 23.9 Å². The summed E-state index contributed by atoms with van der Waals surface area (Å²) in [6.45, 7) is 2.47. The average Bonchev–Trinajstić information content (AvgIpc) is 2.75. The van der Waals surface area contributed by atoms with Crippen LogP contribution in [0.15, 0.2) is 17.5 Å². The second-order valence-corrected chi connectivity index (χ2v) is 4.49. The Kier molecular flexibility index (Phi) is 3.68. The van der Waals surface area contributed by atoms with Crippen molar-refractivity contribution in [3.8, 4) is 10.7 Å². The molecule has 2 aromatic rings. The first kappa shape index (κ1) is 12.0. The molecule has 0 amide bonds. The van der Waals surface area contributed by atoms with Crippen LogP contribution in [0, 0.1) is 6.92 Å². The van der Waals surface area contributed by atoms with Crippen molar-refractivity contribution in [3.63, 3.8) is 0 Å². The maximum atomic E-state index is 5.40. The number of nitrogens with zero attached hydrogens (tertiary/aromatic N) is 2. The highest BCUT2D eigenvalue weighted by atomic mass is 32.1. The highest BCUT2D eigenvalue weighted by Crippen LogP contribution is 2.27. The highest BCUT2D eigenvalue weighted by molar-refractivity contribution is 7.13. The highest BCUT2D eigenvalue weighted by Gasteiger charge is 2.09. The quantitative estimate of drug-likeness (QED) is 0.641. The van der Waals surface area contributed by atoms with Crippen molar-refractivity contribution < 1.29 is 4.74 Å². The summed E-state index contributed by atoms with van der Waals surface area (Å²) in [4.78, 5) is 9.85. The topological polar surface area (TPSA) is 73.1 Å². The Morgan fingerprint density at radius 3 is 2.88 bits per heavy atom. The zero-order valence-electron chi connectivity index (χ0n) is 9.73. The number of ether oxygens (including phenoxy) is 1. The van der Waals surface area contributed by atoms with Gasteiger partial charge in [0.05, 0.1) is 17.2 Å². The van der Waals surface area contributed by atoms with Crippen LogP contribution in [0.1, 0.15) is 11.3 Å². The summed E-state index contributed by atoms with van der Waals surface area (Å²) in [5, 5.41) is 2.02. The van der Waals surface area contributed by atoms with Gasteiger partial charge in [-0.15, -0.1) is 11.3 Å². The van der Waals surface area contributed by atoms with Crippen molar-refractivity contribution in [2.45, 2.75) is 13.5 Å². The van der Waals surface area contributed by atoms with Crippen molar-refractivity contribution >= 4 is 17.2 Å². The molecule has 0 spiro atoms. The van der Waals surface area contributed by atoms with E-state index in [9.17, 15) is 0 Å². The minimum atomic E-state index is 0.439. The second kappa shape index (κ2) is 5.22. The van der Waals surface area contributed by atoms with E-state index < -0.39 is 0 Å². The number of rotatable bonds is 4. The molecule has 0 radical (unpaired) electrons. The van der Waals surface area contributed by atoms with Crippen LogP contribution >= 0.6 is 11.3 Å². The number of nitrogens with one attached hydrogen (secondary N) is 1. The lowest BCUT2D eigenvalue weighted by Crippen LogP contribution is -2.10. The summed E-state index contributed by atoms with van der Waals surface area (Å²) in [5.41, 5.74) is 4.51. The first-order chi connectivity index (χ1) is 8.24. The molecule has 6 heteroatoms. The molecular formula is C11H14N4OS. The lowest BCUT2D eigenvalue weighted by molar-refractivity contribution is 0.181. The minimum absolute atomic E-state index is 0.439. The predicted molar refractivity (Wildman–Crippen MR) is 68.6 cm³/mol. The Hall–Kier alpha value is -1.50. The number of aryl methyl sites for hydroxylation is 1. The molecule has 0 saturated heterocycles. The fraction of sp³-hybridized carbons (Fsp3) is 0.273. The average molecular weight is 250 g/mol. The Balaban J connectivity index is 2.46. The molecule has 2 rings (SSSR count). The summed E-state index contributed by atoms with van der Waals surface area (Å²) in [6, 6.07) is 3.82. The molecule has 90 valence electrons. The predicted octanol–water partition coefficient (Wildman–Crippen LogP) is 1.95. The summed E-state index contributed by atoms with van der Waals surface area (Å²) in [5.74, 6) is 6.67. The van der Waals surface area contributed by atoms with Gasteiger partial charge in [0.1, 0.15) is 5.82 Å². The van der Waals surface area contributed by atoms with Crippen molar-refractivity contribution in [2.75, 3.05) is 12.5 Å². The SMILES string of the molecule is COCc1cc(NN)nc(-c2sccc2C)n1. The third kappa shape index (κ3) is 2.60. The van der Waals surface area contributed by atoms with Crippen LogP contribution in [0.3, 0.4) is 0 Å². The number of thiophene rings is 1. The monoisotopic (exact) mass is 250 g/mol. The molecule has 0 aliphatic heterocycles. The van der Waals surface area contributed by atoms with Gasteiger partial charge in [-0.3, -0.25) is 0 Å². The largest absolute Gasteiger partial charge is 0.378 e. The number of methoxy groups -OCH3 is 1. The van der Waals surface area contributed by atoms with Gasteiger partial charge >= 0.3 is 0 Å². The van der Waals surface area contributed by atoms with Crippen LogP contribution in [0.25, 0.3) is 10.7 Å². The molecule has 2 aromatic heterocycles. The van der Waals surface area contributed by atoms with Crippen LogP contribution < -0.4 is 11.3 Å². The van der Waals surface area contributed by atoms with E-state index in [1.807, 2.05) is 18.4 Å². The normalized spacial score (nSPS) is 10.5. The van der Waals surface area contributed by atoms with E-state index in [2.05, 4.69) is 15.4 Å². The molecular weight excluding hydrogens is 236 g/mol. The Morgan fingerprint density at radius 1 is 1.47 bits per heavy atom. The minimum Gasteiger partial charge on any atom is -0.378 e.